The number of hydrogen-bond donors (Lipinski definition) is 1. The minimum absolute atomic E-state index is 0.206. The van der Waals surface area contributed by atoms with E-state index in [0.717, 1.165) is 25.0 Å². The van der Waals surface area contributed by atoms with E-state index in [-0.39, 0.29) is 5.54 Å². The van der Waals surface area contributed by atoms with Gasteiger partial charge in [0.05, 0.1) is 6.10 Å². The number of hydrogen-bond acceptors (Lipinski definition) is 2. The highest BCUT2D eigenvalue weighted by molar-refractivity contribution is 5.03. The first-order valence-corrected chi connectivity index (χ1v) is 7.75. The molecule has 2 nitrogen and oxygen atoms in total. The van der Waals surface area contributed by atoms with Gasteiger partial charge in [-0.3, -0.25) is 0 Å². The van der Waals surface area contributed by atoms with Gasteiger partial charge < -0.3 is 10.1 Å². The normalized spacial score (nSPS) is 34.8. The highest BCUT2D eigenvalue weighted by Gasteiger charge is 2.53. The molecule has 1 saturated heterocycles. The van der Waals surface area contributed by atoms with E-state index in [0.29, 0.717) is 11.5 Å². The van der Waals surface area contributed by atoms with E-state index in [1.165, 1.54) is 25.7 Å². The van der Waals surface area contributed by atoms with Crippen LogP contribution < -0.4 is 5.32 Å². The molecule has 1 aliphatic heterocycles. The monoisotopic (exact) mass is 253 g/mol. The van der Waals surface area contributed by atoms with Crippen molar-refractivity contribution in [1.82, 2.24) is 5.32 Å². The van der Waals surface area contributed by atoms with Gasteiger partial charge in [-0.15, -0.1) is 0 Å². The van der Waals surface area contributed by atoms with Crippen molar-refractivity contribution in [3.63, 3.8) is 0 Å². The second-order valence-electron chi connectivity index (χ2n) is 7.52. The topological polar surface area (TPSA) is 21.3 Å². The minimum Gasteiger partial charge on any atom is -0.377 e. The Kier molecular flexibility index (Phi) is 4.08. The Morgan fingerprint density at radius 3 is 2.50 bits per heavy atom. The van der Waals surface area contributed by atoms with Crippen LogP contribution in [0.25, 0.3) is 0 Å². The smallest absolute Gasteiger partial charge is 0.0674 e. The van der Waals surface area contributed by atoms with Crippen LogP contribution in [0.1, 0.15) is 60.3 Å². The lowest BCUT2D eigenvalue weighted by atomic mass is 9.68. The van der Waals surface area contributed by atoms with Crippen LogP contribution in [-0.4, -0.2) is 24.8 Å². The van der Waals surface area contributed by atoms with Crippen molar-refractivity contribution in [2.75, 3.05) is 13.2 Å². The molecule has 0 bridgehead atoms. The third-order valence-electron chi connectivity index (χ3n) is 5.02. The average Bonchev–Trinajstić information content (AvgIpc) is 3.05. The van der Waals surface area contributed by atoms with E-state index in [4.69, 9.17) is 4.74 Å². The van der Waals surface area contributed by atoms with Gasteiger partial charge >= 0.3 is 0 Å². The second kappa shape index (κ2) is 5.13. The molecule has 1 heterocycles. The fourth-order valence-electron chi connectivity index (χ4n) is 3.41. The van der Waals surface area contributed by atoms with Gasteiger partial charge in [0.2, 0.25) is 0 Å². The fraction of sp³-hybridized carbons (Fsp3) is 1.00. The van der Waals surface area contributed by atoms with Crippen molar-refractivity contribution in [3.05, 3.63) is 0 Å². The van der Waals surface area contributed by atoms with Crippen LogP contribution in [0, 0.1) is 17.3 Å². The summed E-state index contributed by atoms with van der Waals surface area (Å²) in [7, 11) is 0. The van der Waals surface area contributed by atoms with Gasteiger partial charge in [-0.05, 0) is 51.9 Å². The molecule has 3 atom stereocenters. The molecule has 0 amide bonds. The summed E-state index contributed by atoms with van der Waals surface area (Å²) in [4.78, 5) is 0. The molecule has 1 N–H and O–H groups in total. The fourth-order valence-corrected chi connectivity index (χ4v) is 3.41. The molecule has 0 spiro atoms. The SMILES string of the molecule is CCC(C)C1(CNC(C)(C)C)CCOC1C1CC1. The quantitative estimate of drug-likeness (QED) is 0.808. The number of rotatable bonds is 5. The lowest BCUT2D eigenvalue weighted by Gasteiger charge is -2.41. The van der Waals surface area contributed by atoms with E-state index in [9.17, 15) is 0 Å². The third-order valence-corrected chi connectivity index (χ3v) is 5.02. The molecule has 0 aromatic heterocycles. The summed E-state index contributed by atoms with van der Waals surface area (Å²) in [6.45, 7) is 13.6. The molecule has 2 rings (SSSR count). The first kappa shape index (κ1) is 14.3. The molecule has 1 aliphatic carbocycles. The van der Waals surface area contributed by atoms with E-state index < -0.39 is 0 Å². The van der Waals surface area contributed by atoms with Crippen molar-refractivity contribution >= 4 is 0 Å². The molecular weight excluding hydrogens is 222 g/mol. The van der Waals surface area contributed by atoms with Crippen molar-refractivity contribution in [2.45, 2.75) is 71.9 Å². The molecule has 0 radical (unpaired) electrons. The first-order valence-electron chi connectivity index (χ1n) is 7.75. The van der Waals surface area contributed by atoms with Crippen LogP contribution >= 0.6 is 0 Å². The molecule has 106 valence electrons. The zero-order chi connectivity index (χ0) is 13.4. The highest BCUT2D eigenvalue weighted by Crippen LogP contribution is 2.52. The van der Waals surface area contributed by atoms with Gasteiger partial charge in [0.25, 0.3) is 0 Å². The van der Waals surface area contributed by atoms with Crippen molar-refractivity contribution in [1.29, 1.82) is 0 Å². The number of ether oxygens (including phenoxy) is 1. The van der Waals surface area contributed by atoms with Gasteiger partial charge in [-0.2, -0.15) is 0 Å². The average molecular weight is 253 g/mol. The summed E-state index contributed by atoms with van der Waals surface area (Å²) in [6, 6.07) is 0. The molecule has 0 aromatic carbocycles. The van der Waals surface area contributed by atoms with E-state index >= 15 is 0 Å². The number of nitrogens with one attached hydrogen (secondary N) is 1. The molecule has 2 aliphatic rings. The van der Waals surface area contributed by atoms with Crippen molar-refractivity contribution < 1.29 is 4.74 Å². The molecule has 0 aromatic rings. The maximum absolute atomic E-state index is 6.14. The largest absolute Gasteiger partial charge is 0.377 e. The van der Waals surface area contributed by atoms with E-state index in [1.807, 2.05) is 0 Å². The summed E-state index contributed by atoms with van der Waals surface area (Å²) < 4.78 is 6.14. The maximum atomic E-state index is 6.14. The van der Waals surface area contributed by atoms with Gasteiger partial charge in [0.1, 0.15) is 0 Å². The lowest BCUT2D eigenvalue weighted by Crippen LogP contribution is -2.50. The molecule has 1 saturated carbocycles. The summed E-state index contributed by atoms with van der Waals surface area (Å²) in [5.74, 6) is 1.60. The van der Waals surface area contributed by atoms with Gasteiger partial charge in [-0.25, -0.2) is 0 Å². The summed E-state index contributed by atoms with van der Waals surface area (Å²) in [5, 5.41) is 3.75. The summed E-state index contributed by atoms with van der Waals surface area (Å²) in [6.07, 6.45) is 5.80. The van der Waals surface area contributed by atoms with Gasteiger partial charge in [0.15, 0.2) is 0 Å². The van der Waals surface area contributed by atoms with Gasteiger partial charge in [0, 0.05) is 24.1 Å². The Bertz CT molecular complexity index is 279. The van der Waals surface area contributed by atoms with Crippen LogP contribution in [0.3, 0.4) is 0 Å². The van der Waals surface area contributed by atoms with E-state index in [1.54, 1.807) is 0 Å². The van der Waals surface area contributed by atoms with Crippen LogP contribution in [0.5, 0.6) is 0 Å². The highest BCUT2D eigenvalue weighted by atomic mass is 16.5. The minimum atomic E-state index is 0.206. The van der Waals surface area contributed by atoms with E-state index in [2.05, 4.69) is 39.9 Å². The standard InChI is InChI=1S/C16H31NO/c1-6-12(2)16(11-17-15(3,4)5)9-10-18-14(16)13-7-8-13/h12-14,17H,6-11H2,1-5H3. The Morgan fingerprint density at radius 1 is 1.33 bits per heavy atom. The van der Waals surface area contributed by atoms with Crippen LogP contribution in [0.4, 0.5) is 0 Å². The molecule has 2 fully saturated rings. The first-order chi connectivity index (χ1) is 8.39. The van der Waals surface area contributed by atoms with Crippen molar-refractivity contribution in [3.8, 4) is 0 Å². The molecule has 3 unspecified atom stereocenters. The van der Waals surface area contributed by atoms with Crippen LogP contribution in [0.15, 0.2) is 0 Å². The van der Waals surface area contributed by atoms with Crippen LogP contribution in [0.2, 0.25) is 0 Å². The zero-order valence-corrected chi connectivity index (χ0v) is 12.9. The van der Waals surface area contributed by atoms with Crippen LogP contribution in [-0.2, 0) is 4.74 Å². The maximum Gasteiger partial charge on any atom is 0.0674 e. The Hall–Kier alpha value is -0.0800. The predicted octanol–water partition coefficient (Wildman–Crippen LogP) is 3.61. The summed E-state index contributed by atoms with van der Waals surface area (Å²) in [5.41, 5.74) is 0.584. The van der Waals surface area contributed by atoms with Gasteiger partial charge in [-0.1, -0.05) is 20.3 Å². The Morgan fingerprint density at radius 2 is 2.00 bits per heavy atom. The second-order valence-corrected chi connectivity index (χ2v) is 7.52. The zero-order valence-electron chi connectivity index (χ0n) is 12.9. The lowest BCUT2D eigenvalue weighted by molar-refractivity contribution is -0.000571. The predicted molar refractivity (Wildman–Crippen MR) is 76.7 cm³/mol. The third kappa shape index (κ3) is 2.91. The Labute approximate surface area is 113 Å². The molecule has 2 heteroatoms. The van der Waals surface area contributed by atoms with Crippen molar-refractivity contribution in [2.24, 2.45) is 17.3 Å². The molecule has 18 heavy (non-hydrogen) atoms. The summed E-state index contributed by atoms with van der Waals surface area (Å²) >= 11 is 0. The Balaban J connectivity index is 2.11. The molecular formula is C16H31NO.